The van der Waals surface area contributed by atoms with Crippen molar-refractivity contribution in [3.05, 3.63) is 39.9 Å². The number of aliphatic hydroxyl groups excluding tert-OH is 1. The van der Waals surface area contributed by atoms with Crippen molar-refractivity contribution < 1.29 is 9.90 Å². The molecule has 1 aliphatic carbocycles. The number of nitrogens with zero attached hydrogens (tertiary/aromatic N) is 1. The van der Waals surface area contributed by atoms with Crippen LogP contribution < -0.4 is 5.56 Å². The van der Waals surface area contributed by atoms with Crippen molar-refractivity contribution in [2.24, 2.45) is 5.92 Å². The molecule has 3 rings (SSSR count). The van der Waals surface area contributed by atoms with Gasteiger partial charge in [-0.05, 0) is 18.1 Å². The largest absolute Gasteiger partial charge is 0.388 e. The molecule has 1 aromatic carbocycles. The van der Waals surface area contributed by atoms with E-state index in [0.717, 1.165) is 6.42 Å². The van der Waals surface area contributed by atoms with Gasteiger partial charge in [-0.25, -0.2) is 4.98 Å². The van der Waals surface area contributed by atoms with Crippen molar-refractivity contribution in [1.29, 1.82) is 0 Å². The predicted octanol–water partition coefficient (Wildman–Crippen LogP) is 2.22. The number of benzene rings is 1. The molecule has 1 aromatic heterocycles. The summed E-state index contributed by atoms with van der Waals surface area (Å²) in [5.41, 5.74) is 0.740. The molecule has 0 amide bonds. The quantitative estimate of drug-likeness (QED) is 0.848. The van der Waals surface area contributed by atoms with Crippen molar-refractivity contribution in [1.82, 2.24) is 9.97 Å². The number of hydrogen-bond acceptors (Lipinski definition) is 4. The van der Waals surface area contributed by atoms with Crippen LogP contribution in [-0.4, -0.2) is 27.5 Å². The van der Waals surface area contributed by atoms with Gasteiger partial charge < -0.3 is 10.1 Å². The van der Waals surface area contributed by atoms with Gasteiger partial charge in [-0.3, -0.25) is 9.59 Å². The lowest BCUT2D eigenvalue weighted by atomic mass is 9.87. The van der Waals surface area contributed by atoms with Crippen LogP contribution in [-0.2, 0) is 6.42 Å². The fraction of sp³-hybridized carbons (Fsp3) is 0.471. The van der Waals surface area contributed by atoms with Gasteiger partial charge in [0.05, 0.1) is 10.9 Å². The van der Waals surface area contributed by atoms with E-state index < -0.39 is 6.61 Å². The van der Waals surface area contributed by atoms with Crippen molar-refractivity contribution >= 4 is 16.7 Å². The van der Waals surface area contributed by atoms with Crippen LogP contribution in [0.5, 0.6) is 0 Å². The molecule has 1 saturated carbocycles. The summed E-state index contributed by atoms with van der Waals surface area (Å²) in [4.78, 5) is 31.1. The standard InChI is InChI=1S/C17H20N2O3/c20-10-15(21)12-6-7-13-14(9-12)18-16(19-17(13)22)8-11-4-2-1-3-5-11/h6-7,9,11,20H,1-5,8,10H2,(H,18,19,22). The molecule has 22 heavy (non-hydrogen) atoms. The molecule has 5 nitrogen and oxygen atoms in total. The highest BCUT2D eigenvalue weighted by molar-refractivity contribution is 5.99. The molecular formula is C17H20N2O3. The number of ketones is 1. The zero-order valence-corrected chi connectivity index (χ0v) is 12.5. The van der Waals surface area contributed by atoms with Gasteiger partial charge in [0, 0.05) is 12.0 Å². The topological polar surface area (TPSA) is 83.0 Å². The summed E-state index contributed by atoms with van der Waals surface area (Å²) in [7, 11) is 0. The van der Waals surface area contributed by atoms with E-state index in [1.165, 1.54) is 32.1 Å². The molecule has 2 aromatic rings. The minimum Gasteiger partial charge on any atom is -0.388 e. The Kier molecular flexibility index (Phi) is 4.34. The molecule has 1 heterocycles. The van der Waals surface area contributed by atoms with Crippen LogP contribution in [0.3, 0.4) is 0 Å². The summed E-state index contributed by atoms with van der Waals surface area (Å²) in [6.45, 7) is -0.538. The maximum Gasteiger partial charge on any atom is 0.258 e. The van der Waals surface area contributed by atoms with Gasteiger partial charge in [0.1, 0.15) is 12.4 Å². The Morgan fingerprint density at radius 3 is 2.77 bits per heavy atom. The minimum absolute atomic E-state index is 0.168. The Morgan fingerprint density at radius 2 is 2.05 bits per heavy atom. The van der Waals surface area contributed by atoms with Gasteiger partial charge in [0.2, 0.25) is 0 Å². The van der Waals surface area contributed by atoms with E-state index in [9.17, 15) is 9.59 Å². The first-order valence-electron chi connectivity index (χ1n) is 7.84. The van der Waals surface area contributed by atoms with Crippen molar-refractivity contribution in [3.63, 3.8) is 0 Å². The van der Waals surface area contributed by atoms with Crippen LogP contribution in [0.1, 0.15) is 48.3 Å². The predicted molar refractivity (Wildman–Crippen MR) is 84.1 cm³/mol. The van der Waals surface area contributed by atoms with Gasteiger partial charge in [0.25, 0.3) is 5.56 Å². The number of fused-ring (bicyclic) bond motifs is 1. The number of carbonyl (C=O) groups excluding carboxylic acids is 1. The molecule has 0 saturated heterocycles. The van der Waals surface area contributed by atoms with Crippen molar-refractivity contribution in [2.45, 2.75) is 38.5 Å². The van der Waals surface area contributed by atoms with Crippen LogP contribution in [0.15, 0.2) is 23.0 Å². The molecule has 0 unspecified atom stereocenters. The van der Waals surface area contributed by atoms with E-state index in [1.54, 1.807) is 18.2 Å². The number of aliphatic hydroxyl groups is 1. The lowest BCUT2D eigenvalue weighted by Gasteiger charge is -2.20. The molecule has 0 aliphatic heterocycles. The van der Waals surface area contributed by atoms with E-state index in [1.807, 2.05) is 0 Å². The molecule has 116 valence electrons. The van der Waals surface area contributed by atoms with Gasteiger partial charge >= 0.3 is 0 Å². The molecule has 0 spiro atoms. The third-order valence-electron chi connectivity index (χ3n) is 4.43. The number of H-pyrrole nitrogens is 1. The number of nitrogens with one attached hydrogen (secondary N) is 1. The average molecular weight is 300 g/mol. The summed E-state index contributed by atoms with van der Waals surface area (Å²) in [6, 6.07) is 4.74. The number of carbonyl (C=O) groups is 1. The second-order valence-electron chi connectivity index (χ2n) is 6.03. The zero-order chi connectivity index (χ0) is 15.5. The molecule has 1 aliphatic rings. The summed E-state index contributed by atoms with van der Waals surface area (Å²) >= 11 is 0. The zero-order valence-electron chi connectivity index (χ0n) is 12.5. The van der Waals surface area contributed by atoms with E-state index in [0.29, 0.717) is 28.2 Å². The minimum atomic E-state index is -0.538. The number of Topliss-reactive ketones (excluding diaryl/α,β-unsaturated/α-hetero) is 1. The molecular weight excluding hydrogens is 280 g/mol. The van der Waals surface area contributed by atoms with Crippen molar-refractivity contribution in [2.75, 3.05) is 6.61 Å². The Balaban J connectivity index is 1.94. The fourth-order valence-electron chi connectivity index (χ4n) is 3.21. The maximum atomic E-state index is 12.2. The first kappa shape index (κ1) is 14.9. The first-order valence-corrected chi connectivity index (χ1v) is 7.84. The smallest absolute Gasteiger partial charge is 0.258 e. The van der Waals surface area contributed by atoms with Gasteiger partial charge in [-0.2, -0.15) is 0 Å². The van der Waals surface area contributed by atoms with Crippen LogP contribution in [0.2, 0.25) is 0 Å². The third kappa shape index (κ3) is 3.09. The highest BCUT2D eigenvalue weighted by atomic mass is 16.3. The van der Waals surface area contributed by atoms with E-state index in [2.05, 4.69) is 9.97 Å². The van der Waals surface area contributed by atoms with E-state index >= 15 is 0 Å². The number of aromatic nitrogens is 2. The molecule has 0 atom stereocenters. The number of hydrogen-bond donors (Lipinski definition) is 2. The average Bonchev–Trinajstić information content (AvgIpc) is 2.54. The SMILES string of the molecule is O=C(CO)c1ccc2c(=O)[nH]c(CC3CCCCC3)nc2c1. The molecule has 2 N–H and O–H groups in total. The molecule has 0 bridgehead atoms. The van der Waals surface area contributed by atoms with Crippen LogP contribution >= 0.6 is 0 Å². The highest BCUT2D eigenvalue weighted by Gasteiger charge is 2.16. The van der Waals surface area contributed by atoms with E-state index in [-0.39, 0.29) is 11.3 Å². The Morgan fingerprint density at radius 1 is 1.27 bits per heavy atom. The van der Waals surface area contributed by atoms with Crippen molar-refractivity contribution in [3.8, 4) is 0 Å². The number of aromatic amines is 1. The molecule has 1 fully saturated rings. The lowest BCUT2D eigenvalue weighted by Crippen LogP contribution is -2.17. The Labute approximate surface area is 128 Å². The van der Waals surface area contributed by atoms with Crippen LogP contribution in [0.25, 0.3) is 10.9 Å². The monoisotopic (exact) mass is 300 g/mol. The normalized spacial score (nSPS) is 16.0. The van der Waals surface area contributed by atoms with Gasteiger partial charge in [-0.15, -0.1) is 0 Å². The lowest BCUT2D eigenvalue weighted by molar-refractivity contribution is 0.0904. The third-order valence-corrected chi connectivity index (χ3v) is 4.43. The first-order chi connectivity index (χ1) is 10.7. The Hall–Kier alpha value is -2.01. The maximum absolute atomic E-state index is 12.2. The summed E-state index contributed by atoms with van der Waals surface area (Å²) in [5, 5.41) is 9.42. The fourth-order valence-corrected chi connectivity index (χ4v) is 3.21. The van der Waals surface area contributed by atoms with Crippen LogP contribution in [0, 0.1) is 5.92 Å². The molecule has 5 heteroatoms. The second-order valence-corrected chi connectivity index (χ2v) is 6.03. The highest BCUT2D eigenvalue weighted by Crippen LogP contribution is 2.26. The summed E-state index contributed by atoms with van der Waals surface area (Å²) in [6.07, 6.45) is 6.94. The Bertz CT molecular complexity index is 745. The molecule has 0 radical (unpaired) electrons. The number of rotatable bonds is 4. The summed E-state index contributed by atoms with van der Waals surface area (Å²) < 4.78 is 0. The van der Waals surface area contributed by atoms with Crippen LogP contribution in [0.4, 0.5) is 0 Å². The van der Waals surface area contributed by atoms with Gasteiger partial charge in [-0.1, -0.05) is 38.2 Å². The second kappa shape index (κ2) is 6.40. The van der Waals surface area contributed by atoms with Gasteiger partial charge in [0.15, 0.2) is 5.78 Å². The summed E-state index contributed by atoms with van der Waals surface area (Å²) in [5.74, 6) is 0.910. The van der Waals surface area contributed by atoms with E-state index in [4.69, 9.17) is 5.11 Å².